The molecule has 2 aliphatic rings. The summed E-state index contributed by atoms with van der Waals surface area (Å²) in [5, 5.41) is 12.9. The number of halogens is 1. The number of carboxylic acids is 1. The van der Waals surface area contributed by atoms with Crippen LogP contribution in [0.1, 0.15) is 77.7 Å². The van der Waals surface area contributed by atoms with Crippen molar-refractivity contribution in [1.29, 1.82) is 0 Å². The highest BCUT2D eigenvalue weighted by molar-refractivity contribution is 5.82. The number of carboxylic acid groups (broad SMARTS) is 1. The van der Waals surface area contributed by atoms with Gasteiger partial charge in [-0.2, -0.15) is 0 Å². The number of fused-ring (bicyclic) bond motifs is 1. The zero-order valence-corrected chi connectivity index (χ0v) is 18.8. The number of aromatic nitrogens is 2. The lowest BCUT2D eigenvalue weighted by molar-refractivity contribution is -0.147. The standard InChI is InChI=1S/C24H32FN3O4/c1-24(2,22(30)31)14-27-21(29)17-12-18(25)19(26-15-8-4-3-5-9-15)13-20(17)28(23(27)32)16-10-6-7-11-16/h12-13,15-16,26H,3-11,14H2,1-2H3,(H,30,31). The maximum Gasteiger partial charge on any atom is 0.331 e. The zero-order chi connectivity index (χ0) is 23.0. The van der Waals surface area contributed by atoms with Gasteiger partial charge in [0.1, 0.15) is 5.82 Å². The Kier molecular flexibility index (Phi) is 6.14. The summed E-state index contributed by atoms with van der Waals surface area (Å²) in [5.74, 6) is -1.63. The Labute approximate surface area is 186 Å². The van der Waals surface area contributed by atoms with Gasteiger partial charge in [0, 0.05) is 18.6 Å². The van der Waals surface area contributed by atoms with Crippen molar-refractivity contribution in [3.05, 3.63) is 38.8 Å². The second kappa shape index (κ2) is 8.71. The average molecular weight is 446 g/mol. The van der Waals surface area contributed by atoms with Gasteiger partial charge in [0.15, 0.2) is 0 Å². The minimum atomic E-state index is -1.31. The predicted octanol–water partition coefficient (Wildman–Crippen LogP) is 4.27. The van der Waals surface area contributed by atoms with Crippen LogP contribution < -0.4 is 16.6 Å². The fraction of sp³-hybridized carbons (Fsp3) is 0.625. The van der Waals surface area contributed by atoms with Crippen molar-refractivity contribution < 1.29 is 14.3 Å². The molecule has 8 heteroatoms. The molecule has 174 valence electrons. The molecular formula is C24H32FN3O4. The van der Waals surface area contributed by atoms with Gasteiger partial charge in [0.2, 0.25) is 0 Å². The summed E-state index contributed by atoms with van der Waals surface area (Å²) in [6.45, 7) is 2.68. The van der Waals surface area contributed by atoms with E-state index in [-0.39, 0.29) is 24.0 Å². The minimum absolute atomic E-state index is 0.0854. The Bertz CT molecular complexity index is 1140. The Morgan fingerprint density at radius 1 is 1.09 bits per heavy atom. The molecule has 2 fully saturated rings. The summed E-state index contributed by atoms with van der Waals surface area (Å²) in [6, 6.07) is 2.90. The van der Waals surface area contributed by atoms with Crippen LogP contribution >= 0.6 is 0 Å². The summed E-state index contributed by atoms with van der Waals surface area (Å²) in [6.07, 6.45) is 8.90. The lowest BCUT2D eigenvalue weighted by Crippen LogP contribution is -2.45. The Hall–Kier alpha value is -2.64. The molecule has 0 amide bonds. The molecule has 0 aliphatic heterocycles. The van der Waals surface area contributed by atoms with Crippen molar-refractivity contribution in [2.24, 2.45) is 5.41 Å². The second-order valence-corrected chi connectivity index (χ2v) is 10.00. The van der Waals surface area contributed by atoms with Crippen molar-refractivity contribution in [2.75, 3.05) is 5.32 Å². The summed E-state index contributed by atoms with van der Waals surface area (Å²) in [5.41, 5.74) is -1.73. The molecule has 0 radical (unpaired) electrons. The van der Waals surface area contributed by atoms with Gasteiger partial charge in [0.05, 0.1) is 22.0 Å². The molecule has 1 aromatic heterocycles. The monoisotopic (exact) mass is 445 g/mol. The topological polar surface area (TPSA) is 93.3 Å². The van der Waals surface area contributed by atoms with E-state index in [1.54, 1.807) is 10.6 Å². The summed E-state index contributed by atoms with van der Waals surface area (Å²) in [7, 11) is 0. The number of rotatable bonds is 6. The van der Waals surface area contributed by atoms with Gasteiger partial charge in [-0.25, -0.2) is 9.18 Å². The minimum Gasteiger partial charge on any atom is -0.481 e. The highest BCUT2D eigenvalue weighted by Crippen LogP contribution is 2.32. The number of anilines is 1. The highest BCUT2D eigenvalue weighted by Gasteiger charge is 2.31. The molecule has 2 aliphatic carbocycles. The Morgan fingerprint density at radius 3 is 2.34 bits per heavy atom. The van der Waals surface area contributed by atoms with Crippen LogP contribution in [0.5, 0.6) is 0 Å². The summed E-state index contributed by atoms with van der Waals surface area (Å²) < 4.78 is 17.6. The molecule has 2 saturated carbocycles. The third-order valence-corrected chi connectivity index (χ3v) is 7.04. The molecule has 32 heavy (non-hydrogen) atoms. The first kappa shape index (κ1) is 22.6. The fourth-order valence-corrected chi connectivity index (χ4v) is 5.09. The average Bonchev–Trinajstić information content (AvgIpc) is 3.28. The van der Waals surface area contributed by atoms with E-state index in [4.69, 9.17) is 0 Å². The normalized spacial score (nSPS) is 18.3. The molecule has 7 nitrogen and oxygen atoms in total. The van der Waals surface area contributed by atoms with E-state index in [0.717, 1.165) is 55.9 Å². The van der Waals surface area contributed by atoms with Crippen LogP contribution in [0.25, 0.3) is 10.9 Å². The van der Waals surface area contributed by atoms with Crippen LogP contribution in [0.3, 0.4) is 0 Å². The molecule has 1 aromatic carbocycles. The molecule has 4 rings (SSSR count). The van der Waals surface area contributed by atoms with E-state index in [2.05, 4.69) is 5.32 Å². The number of hydrogen-bond acceptors (Lipinski definition) is 4. The third-order valence-electron chi connectivity index (χ3n) is 7.04. The number of nitrogens with zero attached hydrogens (tertiary/aromatic N) is 2. The second-order valence-electron chi connectivity index (χ2n) is 10.00. The van der Waals surface area contributed by atoms with E-state index >= 15 is 4.39 Å². The van der Waals surface area contributed by atoms with Gasteiger partial charge >= 0.3 is 11.7 Å². The van der Waals surface area contributed by atoms with Gasteiger partial charge in [-0.1, -0.05) is 32.1 Å². The Balaban J connectivity index is 1.89. The molecule has 2 aromatic rings. The first-order valence-corrected chi connectivity index (χ1v) is 11.7. The van der Waals surface area contributed by atoms with E-state index in [1.165, 1.54) is 26.3 Å². The van der Waals surface area contributed by atoms with E-state index < -0.39 is 28.5 Å². The highest BCUT2D eigenvalue weighted by atomic mass is 19.1. The van der Waals surface area contributed by atoms with Crippen LogP contribution in [-0.4, -0.2) is 26.3 Å². The van der Waals surface area contributed by atoms with E-state index in [1.807, 2.05) is 0 Å². The van der Waals surface area contributed by atoms with Gasteiger partial charge in [0.25, 0.3) is 5.56 Å². The fourth-order valence-electron chi connectivity index (χ4n) is 5.09. The number of aliphatic carboxylic acids is 1. The van der Waals surface area contributed by atoms with Gasteiger partial charge < -0.3 is 10.4 Å². The van der Waals surface area contributed by atoms with Crippen LogP contribution in [0.4, 0.5) is 10.1 Å². The predicted molar refractivity (Wildman–Crippen MR) is 122 cm³/mol. The first-order valence-electron chi connectivity index (χ1n) is 11.7. The molecule has 0 unspecified atom stereocenters. The molecule has 0 atom stereocenters. The molecule has 2 N–H and O–H groups in total. The van der Waals surface area contributed by atoms with Crippen molar-refractivity contribution >= 4 is 22.6 Å². The quantitative estimate of drug-likeness (QED) is 0.693. The SMILES string of the molecule is CC(C)(Cn1c(=O)c2cc(F)c(NC3CCCCC3)cc2n(C2CCCC2)c1=O)C(=O)O. The van der Waals surface area contributed by atoms with Crippen LogP contribution in [0.2, 0.25) is 0 Å². The summed E-state index contributed by atoms with van der Waals surface area (Å²) in [4.78, 5) is 38.4. The maximum atomic E-state index is 15.1. The maximum absolute atomic E-state index is 15.1. The van der Waals surface area contributed by atoms with Crippen LogP contribution in [0, 0.1) is 11.2 Å². The van der Waals surface area contributed by atoms with Crippen LogP contribution in [-0.2, 0) is 11.3 Å². The molecule has 0 spiro atoms. The van der Waals surface area contributed by atoms with Gasteiger partial charge in [-0.15, -0.1) is 0 Å². The summed E-state index contributed by atoms with van der Waals surface area (Å²) >= 11 is 0. The molecule has 0 bridgehead atoms. The van der Waals surface area contributed by atoms with Gasteiger partial charge in [-0.3, -0.25) is 18.7 Å². The van der Waals surface area contributed by atoms with Crippen LogP contribution in [0.15, 0.2) is 21.7 Å². The number of carbonyl (C=O) groups is 1. The van der Waals surface area contributed by atoms with Crippen molar-refractivity contribution in [3.8, 4) is 0 Å². The molecule has 0 saturated heterocycles. The van der Waals surface area contributed by atoms with Crippen molar-refractivity contribution in [3.63, 3.8) is 0 Å². The smallest absolute Gasteiger partial charge is 0.331 e. The number of nitrogens with one attached hydrogen (secondary N) is 1. The number of benzene rings is 1. The van der Waals surface area contributed by atoms with Gasteiger partial charge in [-0.05, 0) is 51.7 Å². The molecule has 1 heterocycles. The molecular weight excluding hydrogens is 413 g/mol. The third kappa shape index (κ3) is 4.19. The van der Waals surface area contributed by atoms with Crippen molar-refractivity contribution in [1.82, 2.24) is 9.13 Å². The largest absolute Gasteiger partial charge is 0.481 e. The zero-order valence-electron chi connectivity index (χ0n) is 18.8. The van der Waals surface area contributed by atoms with E-state index in [9.17, 15) is 19.5 Å². The Morgan fingerprint density at radius 2 is 1.72 bits per heavy atom. The van der Waals surface area contributed by atoms with Crippen molar-refractivity contribution in [2.45, 2.75) is 90.3 Å². The number of hydrogen-bond donors (Lipinski definition) is 2. The lowest BCUT2D eigenvalue weighted by Gasteiger charge is -2.26. The lowest BCUT2D eigenvalue weighted by atomic mass is 9.93. The van der Waals surface area contributed by atoms with E-state index in [0.29, 0.717) is 11.2 Å². The first-order chi connectivity index (χ1) is 15.2.